The van der Waals surface area contributed by atoms with Crippen molar-refractivity contribution in [1.29, 1.82) is 0 Å². The third-order valence-electron chi connectivity index (χ3n) is 4.17. The molecule has 116 valence electrons. The van der Waals surface area contributed by atoms with E-state index in [1.807, 2.05) is 0 Å². The van der Waals surface area contributed by atoms with Crippen LogP contribution in [-0.2, 0) is 16.1 Å². The van der Waals surface area contributed by atoms with Gasteiger partial charge in [0.1, 0.15) is 0 Å². The molecule has 0 spiro atoms. The third-order valence-corrected chi connectivity index (χ3v) is 4.17. The molecule has 1 N–H and O–H groups in total. The van der Waals surface area contributed by atoms with Crippen molar-refractivity contribution in [3.63, 3.8) is 0 Å². The number of benzene rings is 1. The lowest BCUT2D eigenvalue weighted by Gasteiger charge is -2.22. The van der Waals surface area contributed by atoms with Gasteiger partial charge >= 0.3 is 5.97 Å². The van der Waals surface area contributed by atoms with Gasteiger partial charge in [-0.15, -0.1) is 0 Å². The summed E-state index contributed by atoms with van der Waals surface area (Å²) in [6, 6.07) is 6.36. The van der Waals surface area contributed by atoms with Crippen molar-refractivity contribution in [2.75, 3.05) is 0 Å². The van der Waals surface area contributed by atoms with Crippen molar-refractivity contribution >= 4 is 17.6 Å². The summed E-state index contributed by atoms with van der Waals surface area (Å²) in [5.41, 5.74) is 0.692. The molecule has 0 bridgehead atoms. The van der Waals surface area contributed by atoms with Gasteiger partial charge in [-0.2, -0.15) is 0 Å². The molecular weight excluding hydrogens is 288 g/mol. The minimum absolute atomic E-state index is 0.00414. The van der Waals surface area contributed by atoms with Gasteiger partial charge in [0.2, 0.25) is 5.91 Å². The Balaban J connectivity index is 1.73. The molecule has 7 nitrogen and oxygen atoms in total. The first-order chi connectivity index (χ1) is 10.5. The average molecular weight is 304 g/mol. The number of nitro benzene ring substituents is 1. The number of carbonyl (C=O) groups is 2. The van der Waals surface area contributed by atoms with Crippen molar-refractivity contribution in [2.24, 2.45) is 11.8 Å². The van der Waals surface area contributed by atoms with Crippen LogP contribution in [0.4, 0.5) is 5.69 Å². The number of carboxylic acid groups (broad SMARTS) is 1. The van der Waals surface area contributed by atoms with Gasteiger partial charge in [0.05, 0.1) is 16.8 Å². The van der Waals surface area contributed by atoms with Gasteiger partial charge in [0.15, 0.2) is 0 Å². The summed E-state index contributed by atoms with van der Waals surface area (Å²) in [5, 5.41) is 19.8. The van der Waals surface area contributed by atoms with E-state index >= 15 is 0 Å². The predicted molar refractivity (Wildman–Crippen MR) is 75.9 cm³/mol. The van der Waals surface area contributed by atoms with Gasteiger partial charge in [0.25, 0.3) is 5.69 Å². The molecule has 1 aromatic carbocycles. The standard InChI is InChI=1S/C15H16N2O5/c18-14(12-7-13(12)15(19)20)16(10-4-5-10)8-9-2-1-3-11(6-9)17(21)22/h1-3,6,10,12-13H,4-5,7-8H2,(H,19,20). The lowest BCUT2D eigenvalue weighted by molar-refractivity contribution is -0.384. The summed E-state index contributed by atoms with van der Waals surface area (Å²) in [6.07, 6.45) is 2.21. The van der Waals surface area contributed by atoms with E-state index in [-0.39, 0.29) is 17.6 Å². The van der Waals surface area contributed by atoms with Crippen LogP contribution in [0.1, 0.15) is 24.8 Å². The van der Waals surface area contributed by atoms with Crippen molar-refractivity contribution < 1.29 is 19.6 Å². The fraction of sp³-hybridized carbons (Fsp3) is 0.467. The number of aliphatic carboxylic acids is 1. The van der Waals surface area contributed by atoms with E-state index < -0.39 is 22.7 Å². The van der Waals surface area contributed by atoms with E-state index in [0.717, 1.165) is 12.8 Å². The Bertz CT molecular complexity index is 641. The highest BCUT2D eigenvalue weighted by atomic mass is 16.6. The molecular formula is C15H16N2O5. The number of hydrogen-bond donors (Lipinski definition) is 1. The average Bonchev–Trinajstić information content (AvgIpc) is 3.37. The molecule has 0 aliphatic heterocycles. The lowest BCUT2D eigenvalue weighted by Crippen LogP contribution is -2.34. The molecule has 2 aliphatic carbocycles. The molecule has 0 radical (unpaired) electrons. The molecule has 0 heterocycles. The van der Waals surface area contributed by atoms with Crippen LogP contribution in [-0.4, -0.2) is 32.8 Å². The van der Waals surface area contributed by atoms with Gasteiger partial charge < -0.3 is 10.0 Å². The second-order valence-corrected chi connectivity index (χ2v) is 5.91. The summed E-state index contributed by atoms with van der Waals surface area (Å²) in [4.78, 5) is 35.4. The second-order valence-electron chi connectivity index (χ2n) is 5.91. The van der Waals surface area contributed by atoms with E-state index in [2.05, 4.69) is 0 Å². The zero-order valence-electron chi connectivity index (χ0n) is 11.8. The van der Waals surface area contributed by atoms with E-state index in [1.54, 1.807) is 17.0 Å². The zero-order valence-corrected chi connectivity index (χ0v) is 11.8. The molecule has 1 aromatic rings. The Hall–Kier alpha value is -2.44. The molecule has 1 amide bonds. The smallest absolute Gasteiger partial charge is 0.307 e. The van der Waals surface area contributed by atoms with Crippen molar-refractivity contribution in [2.45, 2.75) is 31.8 Å². The number of hydrogen-bond acceptors (Lipinski definition) is 4. The fourth-order valence-electron chi connectivity index (χ4n) is 2.69. The Morgan fingerprint density at radius 3 is 2.59 bits per heavy atom. The maximum atomic E-state index is 12.5. The molecule has 2 saturated carbocycles. The number of rotatable bonds is 6. The first kappa shape index (κ1) is 14.5. The van der Waals surface area contributed by atoms with E-state index in [1.165, 1.54) is 12.1 Å². The number of carbonyl (C=O) groups excluding carboxylic acids is 1. The Labute approximate surface area is 126 Å². The van der Waals surface area contributed by atoms with Crippen LogP contribution in [0.3, 0.4) is 0 Å². The van der Waals surface area contributed by atoms with Crippen molar-refractivity contribution in [3.05, 3.63) is 39.9 Å². The summed E-state index contributed by atoms with van der Waals surface area (Å²) in [5.74, 6) is -2.07. The Morgan fingerprint density at radius 2 is 2.05 bits per heavy atom. The van der Waals surface area contributed by atoms with Gasteiger partial charge in [-0.3, -0.25) is 19.7 Å². The molecule has 2 atom stereocenters. The topological polar surface area (TPSA) is 101 Å². The van der Waals surface area contributed by atoms with Crippen LogP contribution >= 0.6 is 0 Å². The third kappa shape index (κ3) is 2.93. The number of non-ortho nitro benzene ring substituents is 1. The fourth-order valence-corrected chi connectivity index (χ4v) is 2.69. The minimum atomic E-state index is -0.926. The molecule has 7 heteroatoms. The molecule has 2 unspecified atom stereocenters. The minimum Gasteiger partial charge on any atom is -0.481 e. The normalized spacial score (nSPS) is 22.9. The highest BCUT2D eigenvalue weighted by Gasteiger charge is 2.51. The monoisotopic (exact) mass is 304 g/mol. The molecule has 0 aromatic heterocycles. The SMILES string of the molecule is O=C(O)C1CC1C(=O)N(Cc1cccc([N+](=O)[O-])c1)C1CC1. The van der Waals surface area contributed by atoms with E-state index in [0.29, 0.717) is 18.5 Å². The molecule has 3 rings (SSSR count). The number of nitro groups is 1. The maximum absolute atomic E-state index is 12.5. The Kier molecular flexibility index (Phi) is 3.56. The Morgan fingerprint density at radius 1 is 1.32 bits per heavy atom. The van der Waals surface area contributed by atoms with Crippen LogP contribution in [0.15, 0.2) is 24.3 Å². The van der Waals surface area contributed by atoms with E-state index in [9.17, 15) is 19.7 Å². The van der Waals surface area contributed by atoms with E-state index in [4.69, 9.17) is 5.11 Å². The van der Waals surface area contributed by atoms with Gasteiger partial charge in [0, 0.05) is 24.7 Å². The number of nitrogens with zero attached hydrogens (tertiary/aromatic N) is 2. The van der Waals surface area contributed by atoms with Crippen LogP contribution in [0, 0.1) is 22.0 Å². The molecule has 2 aliphatic rings. The summed E-state index contributed by atoms with van der Waals surface area (Å²) in [7, 11) is 0. The quantitative estimate of drug-likeness (QED) is 0.638. The number of carboxylic acids is 1. The largest absolute Gasteiger partial charge is 0.481 e. The highest BCUT2D eigenvalue weighted by Crippen LogP contribution is 2.42. The predicted octanol–water partition coefficient (Wildman–Crippen LogP) is 1.81. The zero-order chi connectivity index (χ0) is 15.9. The van der Waals surface area contributed by atoms with Gasteiger partial charge in [-0.25, -0.2) is 0 Å². The van der Waals surface area contributed by atoms with Crippen LogP contribution in [0.2, 0.25) is 0 Å². The molecule has 22 heavy (non-hydrogen) atoms. The number of amides is 1. The van der Waals surface area contributed by atoms with Gasteiger partial charge in [-0.1, -0.05) is 12.1 Å². The van der Waals surface area contributed by atoms with Crippen molar-refractivity contribution in [1.82, 2.24) is 4.90 Å². The summed E-state index contributed by atoms with van der Waals surface area (Å²) in [6.45, 7) is 0.300. The first-order valence-electron chi connectivity index (χ1n) is 7.24. The summed E-state index contributed by atoms with van der Waals surface area (Å²) < 4.78 is 0. The second kappa shape index (κ2) is 5.40. The summed E-state index contributed by atoms with van der Waals surface area (Å²) >= 11 is 0. The van der Waals surface area contributed by atoms with Crippen molar-refractivity contribution in [3.8, 4) is 0 Å². The van der Waals surface area contributed by atoms with Crippen LogP contribution in [0.25, 0.3) is 0 Å². The molecule has 0 saturated heterocycles. The van der Waals surface area contributed by atoms with Crippen LogP contribution < -0.4 is 0 Å². The van der Waals surface area contributed by atoms with Crippen LogP contribution in [0.5, 0.6) is 0 Å². The molecule has 2 fully saturated rings. The lowest BCUT2D eigenvalue weighted by atomic mass is 10.1. The first-order valence-corrected chi connectivity index (χ1v) is 7.24. The highest BCUT2D eigenvalue weighted by molar-refractivity contribution is 5.89. The maximum Gasteiger partial charge on any atom is 0.307 e. The van der Waals surface area contributed by atoms with Gasteiger partial charge in [-0.05, 0) is 24.8 Å².